The van der Waals surface area contributed by atoms with Gasteiger partial charge in [-0.2, -0.15) is 0 Å². The summed E-state index contributed by atoms with van der Waals surface area (Å²) in [6.07, 6.45) is 6.58. The van der Waals surface area contributed by atoms with Crippen LogP contribution in [-0.2, 0) is 0 Å². The van der Waals surface area contributed by atoms with Crippen LogP contribution in [0.4, 0.5) is 11.4 Å². The van der Waals surface area contributed by atoms with Crippen molar-refractivity contribution in [2.24, 2.45) is 0 Å². The number of carboxylic acid groups (broad SMARTS) is 1. The molecule has 20 heavy (non-hydrogen) atoms. The van der Waals surface area contributed by atoms with Gasteiger partial charge in [0.2, 0.25) is 0 Å². The standard InChI is InChI=1S/C14H10N4O2/c19-14(20)11-2-1-9-7-16-8-12(13(9)18-11)17-10-3-5-15-6-4-10/h1-8H,(H,15,17)(H,19,20). The zero-order valence-electron chi connectivity index (χ0n) is 10.3. The zero-order valence-corrected chi connectivity index (χ0v) is 10.3. The van der Waals surface area contributed by atoms with Crippen LogP contribution < -0.4 is 5.32 Å². The second-order valence-corrected chi connectivity index (χ2v) is 4.12. The Morgan fingerprint density at radius 3 is 2.60 bits per heavy atom. The molecule has 0 aromatic carbocycles. The molecule has 0 radical (unpaired) electrons. The van der Waals surface area contributed by atoms with E-state index in [1.54, 1.807) is 43.0 Å². The molecular weight excluding hydrogens is 256 g/mol. The molecule has 0 bridgehead atoms. The molecule has 0 aliphatic carbocycles. The summed E-state index contributed by atoms with van der Waals surface area (Å²) in [7, 11) is 0. The third kappa shape index (κ3) is 2.26. The lowest BCUT2D eigenvalue weighted by Crippen LogP contribution is -2.01. The molecular formula is C14H10N4O2. The van der Waals surface area contributed by atoms with Gasteiger partial charge in [0.05, 0.1) is 17.4 Å². The number of nitrogens with zero attached hydrogens (tertiary/aromatic N) is 3. The molecule has 0 saturated carbocycles. The van der Waals surface area contributed by atoms with E-state index in [-0.39, 0.29) is 5.69 Å². The van der Waals surface area contributed by atoms with Gasteiger partial charge in [0, 0.05) is 29.7 Å². The Kier molecular flexibility index (Phi) is 2.96. The number of aromatic nitrogens is 3. The van der Waals surface area contributed by atoms with Crippen LogP contribution in [0.1, 0.15) is 10.5 Å². The van der Waals surface area contributed by atoms with E-state index in [2.05, 4.69) is 20.3 Å². The molecule has 3 rings (SSSR count). The highest BCUT2D eigenvalue weighted by molar-refractivity contribution is 5.95. The second-order valence-electron chi connectivity index (χ2n) is 4.12. The Morgan fingerprint density at radius 1 is 1.05 bits per heavy atom. The summed E-state index contributed by atoms with van der Waals surface area (Å²) in [5.74, 6) is -1.06. The highest BCUT2D eigenvalue weighted by Crippen LogP contribution is 2.23. The summed E-state index contributed by atoms with van der Waals surface area (Å²) in [6.45, 7) is 0. The van der Waals surface area contributed by atoms with Crippen LogP contribution >= 0.6 is 0 Å². The maximum absolute atomic E-state index is 11.0. The van der Waals surface area contributed by atoms with Crippen molar-refractivity contribution in [3.63, 3.8) is 0 Å². The van der Waals surface area contributed by atoms with Crippen LogP contribution in [0.2, 0.25) is 0 Å². The average molecular weight is 266 g/mol. The molecule has 2 N–H and O–H groups in total. The molecule has 6 heteroatoms. The van der Waals surface area contributed by atoms with Crippen molar-refractivity contribution < 1.29 is 9.90 Å². The van der Waals surface area contributed by atoms with Crippen molar-refractivity contribution in [1.82, 2.24) is 15.0 Å². The third-order valence-corrected chi connectivity index (χ3v) is 2.78. The number of carbonyl (C=O) groups is 1. The van der Waals surface area contributed by atoms with Crippen molar-refractivity contribution in [1.29, 1.82) is 0 Å². The van der Waals surface area contributed by atoms with E-state index < -0.39 is 5.97 Å². The first-order valence-corrected chi connectivity index (χ1v) is 5.89. The highest BCUT2D eigenvalue weighted by Gasteiger charge is 2.09. The number of hydrogen-bond donors (Lipinski definition) is 2. The summed E-state index contributed by atoms with van der Waals surface area (Å²) in [5.41, 5.74) is 2.05. The molecule has 6 nitrogen and oxygen atoms in total. The Balaban J connectivity index is 2.10. The Labute approximate surface area is 114 Å². The van der Waals surface area contributed by atoms with Crippen molar-refractivity contribution in [3.8, 4) is 0 Å². The number of fused-ring (bicyclic) bond motifs is 1. The van der Waals surface area contributed by atoms with Crippen molar-refractivity contribution in [2.75, 3.05) is 5.32 Å². The second kappa shape index (κ2) is 4.93. The number of pyridine rings is 3. The largest absolute Gasteiger partial charge is 0.477 e. The number of rotatable bonds is 3. The summed E-state index contributed by atoms with van der Waals surface area (Å²) < 4.78 is 0. The van der Waals surface area contributed by atoms with Gasteiger partial charge in [-0.1, -0.05) is 0 Å². The van der Waals surface area contributed by atoms with E-state index in [4.69, 9.17) is 5.11 Å². The van der Waals surface area contributed by atoms with Crippen LogP contribution in [0.3, 0.4) is 0 Å². The average Bonchev–Trinajstić information content (AvgIpc) is 2.48. The third-order valence-electron chi connectivity index (χ3n) is 2.78. The maximum atomic E-state index is 11.0. The predicted octanol–water partition coefficient (Wildman–Crippen LogP) is 2.47. The van der Waals surface area contributed by atoms with Crippen LogP contribution in [0.25, 0.3) is 10.9 Å². The minimum absolute atomic E-state index is 0.00137. The van der Waals surface area contributed by atoms with Gasteiger partial charge in [0.25, 0.3) is 0 Å². The van der Waals surface area contributed by atoms with Crippen LogP contribution in [0, 0.1) is 0 Å². The van der Waals surface area contributed by atoms with Gasteiger partial charge >= 0.3 is 5.97 Å². The zero-order chi connectivity index (χ0) is 13.9. The van der Waals surface area contributed by atoms with Gasteiger partial charge in [-0.3, -0.25) is 9.97 Å². The van der Waals surface area contributed by atoms with E-state index in [0.29, 0.717) is 11.2 Å². The summed E-state index contributed by atoms with van der Waals surface area (Å²) >= 11 is 0. The fourth-order valence-electron chi connectivity index (χ4n) is 1.84. The van der Waals surface area contributed by atoms with E-state index >= 15 is 0 Å². The first kappa shape index (κ1) is 12.0. The monoisotopic (exact) mass is 266 g/mol. The predicted molar refractivity (Wildman–Crippen MR) is 74.0 cm³/mol. The lowest BCUT2D eigenvalue weighted by atomic mass is 10.2. The quantitative estimate of drug-likeness (QED) is 0.757. The molecule has 0 aliphatic rings. The summed E-state index contributed by atoms with van der Waals surface area (Å²) in [5, 5.41) is 12.9. The minimum Gasteiger partial charge on any atom is -0.477 e. The number of hydrogen-bond acceptors (Lipinski definition) is 5. The molecule has 0 amide bonds. The van der Waals surface area contributed by atoms with Crippen molar-refractivity contribution >= 4 is 28.2 Å². The number of anilines is 2. The van der Waals surface area contributed by atoms with Gasteiger partial charge in [0.1, 0.15) is 5.69 Å². The molecule has 0 fully saturated rings. The van der Waals surface area contributed by atoms with Crippen LogP contribution in [-0.4, -0.2) is 26.0 Å². The van der Waals surface area contributed by atoms with Gasteiger partial charge in [-0.25, -0.2) is 9.78 Å². The molecule has 0 unspecified atom stereocenters. The van der Waals surface area contributed by atoms with Gasteiger partial charge in [0.15, 0.2) is 0 Å². The van der Waals surface area contributed by atoms with Crippen molar-refractivity contribution in [3.05, 3.63) is 54.7 Å². The molecule has 3 heterocycles. The van der Waals surface area contributed by atoms with Crippen molar-refractivity contribution in [2.45, 2.75) is 0 Å². The smallest absolute Gasteiger partial charge is 0.354 e. The maximum Gasteiger partial charge on any atom is 0.354 e. The topological polar surface area (TPSA) is 88.0 Å². The van der Waals surface area contributed by atoms with Gasteiger partial charge in [-0.05, 0) is 24.3 Å². The molecule has 98 valence electrons. The first-order valence-electron chi connectivity index (χ1n) is 5.89. The lowest BCUT2D eigenvalue weighted by Gasteiger charge is -2.08. The van der Waals surface area contributed by atoms with Gasteiger partial charge < -0.3 is 10.4 Å². The van der Waals surface area contributed by atoms with E-state index in [0.717, 1.165) is 11.1 Å². The molecule has 3 aromatic rings. The Morgan fingerprint density at radius 2 is 1.85 bits per heavy atom. The normalized spacial score (nSPS) is 10.4. The molecule has 0 saturated heterocycles. The highest BCUT2D eigenvalue weighted by atomic mass is 16.4. The number of nitrogens with one attached hydrogen (secondary N) is 1. The molecule has 0 spiro atoms. The fraction of sp³-hybridized carbons (Fsp3) is 0. The fourth-order valence-corrected chi connectivity index (χ4v) is 1.84. The number of carboxylic acids is 1. The lowest BCUT2D eigenvalue weighted by molar-refractivity contribution is 0.0691. The first-order chi connectivity index (χ1) is 9.74. The Bertz CT molecular complexity index is 774. The minimum atomic E-state index is -1.06. The van der Waals surface area contributed by atoms with Crippen LogP contribution in [0.5, 0.6) is 0 Å². The van der Waals surface area contributed by atoms with Crippen LogP contribution in [0.15, 0.2) is 49.1 Å². The van der Waals surface area contributed by atoms with E-state index in [9.17, 15) is 4.79 Å². The van der Waals surface area contributed by atoms with Gasteiger partial charge in [-0.15, -0.1) is 0 Å². The molecule has 0 atom stereocenters. The SMILES string of the molecule is O=C(O)c1ccc2cncc(Nc3ccncc3)c2n1. The number of aromatic carboxylic acids is 1. The molecule has 3 aromatic heterocycles. The summed E-state index contributed by atoms with van der Waals surface area (Å²) in [4.78, 5) is 23.2. The van der Waals surface area contributed by atoms with E-state index in [1.165, 1.54) is 6.07 Å². The molecule has 0 aliphatic heterocycles. The summed E-state index contributed by atoms with van der Waals surface area (Å²) in [6, 6.07) is 6.76. The van der Waals surface area contributed by atoms with E-state index in [1.807, 2.05) is 0 Å². The Hall–Kier alpha value is -3.02.